The number of ether oxygens (including phenoxy) is 1. The molecule has 0 atom stereocenters. The third kappa shape index (κ3) is 6.88. The summed E-state index contributed by atoms with van der Waals surface area (Å²) in [6.45, 7) is 2.63. The molecule has 1 heterocycles. The fraction of sp³-hybridized carbons (Fsp3) is 0.0870. The fourth-order valence-corrected chi connectivity index (χ4v) is 3.08. The first-order valence-electron chi connectivity index (χ1n) is 9.72. The minimum atomic E-state index is -6.00. The smallest absolute Gasteiger partial charge is 0.494 e. The van der Waals surface area contributed by atoms with E-state index in [9.17, 15) is 17.3 Å². The first-order chi connectivity index (χ1) is 15.2. The van der Waals surface area contributed by atoms with Crippen LogP contribution in [0.15, 0.2) is 83.3 Å². The highest BCUT2D eigenvalue weighted by atomic mass is 35.5. The predicted molar refractivity (Wildman–Crippen MR) is 118 cm³/mol. The highest BCUT2D eigenvalue weighted by Gasteiger charge is 2.20. The Kier molecular flexibility index (Phi) is 7.59. The Hall–Kier alpha value is -3.26. The van der Waals surface area contributed by atoms with Gasteiger partial charge in [0.1, 0.15) is 17.1 Å². The van der Waals surface area contributed by atoms with Gasteiger partial charge < -0.3 is 26.4 Å². The lowest BCUT2D eigenvalue weighted by molar-refractivity contribution is -0.400. The monoisotopic (exact) mass is 463 g/mol. The van der Waals surface area contributed by atoms with Gasteiger partial charge >= 0.3 is 7.25 Å². The second kappa shape index (κ2) is 10.4. The zero-order valence-electron chi connectivity index (χ0n) is 17.0. The number of fused-ring (bicyclic) bond motifs is 1. The summed E-state index contributed by atoms with van der Waals surface area (Å²) in [5.74, 6) is 1.64. The summed E-state index contributed by atoms with van der Waals surface area (Å²) in [5.41, 5.74) is 2.77. The van der Waals surface area contributed by atoms with Gasteiger partial charge in [0, 0.05) is 22.7 Å². The van der Waals surface area contributed by atoms with E-state index >= 15 is 0 Å². The summed E-state index contributed by atoms with van der Waals surface area (Å²) >= 11 is 6.01. The van der Waals surface area contributed by atoms with Gasteiger partial charge in [-0.15, -0.1) is 0 Å². The van der Waals surface area contributed by atoms with Crippen LogP contribution in [0.4, 0.5) is 23.0 Å². The summed E-state index contributed by atoms with van der Waals surface area (Å²) < 4.78 is 50.6. The summed E-state index contributed by atoms with van der Waals surface area (Å²) in [6.07, 6.45) is 0. The average molecular weight is 464 g/mol. The largest absolute Gasteiger partial charge is 0.673 e. The van der Waals surface area contributed by atoms with E-state index in [1.165, 1.54) is 0 Å². The van der Waals surface area contributed by atoms with E-state index in [0.717, 1.165) is 39.1 Å². The third-order valence-electron chi connectivity index (χ3n) is 4.25. The molecule has 0 amide bonds. The van der Waals surface area contributed by atoms with Crippen LogP contribution in [0.1, 0.15) is 6.92 Å². The molecule has 0 spiro atoms. The molecule has 0 radical (unpaired) electrons. The lowest BCUT2D eigenvalue weighted by Gasteiger charge is -2.03. The van der Waals surface area contributed by atoms with Gasteiger partial charge in [0.15, 0.2) is 0 Å². The first-order valence-corrected chi connectivity index (χ1v) is 10.1. The number of rotatable bonds is 4. The Morgan fingerprint density at radius 3 is 2.16 bits per heavy atom. The Morgan fingerprint density at radius 2 is 1.53 bits per heavy atom. The van der Waals surface area contributed by atoms with Crippen molar-refractivity contribution in [3.63, 3.8) is 0 Å². The molecule has 0 saturated heterocycles. The molecule has 0 unspecified atom stereocenters. The lowest BCUT2D eigenvalue weighted by atomic mass is 10.1. The van der Waals surface area contributed by atoms with Crippen molar-refractivity contribution < 1.29 is 31.4 Å². The van der Waals surface area contributed by atoms with Gasteiger partial charge in [-0.25, -0.2) is 4.99 Å². The van der Waals surface area contributed by atoms with Gasteiger partial charge in [-0.2, -0.15) is 0 Å². The molecule has 1 N–H and O–H groups in total. The Balaban J connectivity index is 0.000000523. The lowest BCUT2D eigenvalue weighted by Crippen LogP contribution is -2.70. The normalized spacial score (nSPS) is 11.8. The maximum Gasteiger partial charge on any atom is 0.673 e. The number of nitrogens with one attached hydrogen (secondary N) is 1. The zero-order valence-corrected chi connectivity index (χ0v) is 17.8. The average Bonchev–Trinajstić information content (AvgIpc) is 2.74. The van der Waals surface area contributed by atoms with Crippen molar-refractivity contribution in [2.24, 2.45) is 0 Å². The molecule has 166 valence electrons. The van der Waals surface area contributed by atoms with Gasteiger partial charge in [0.25, 0.3) is 0 Å². The van der Waals surface area contributed by atoms with Crippen molar-refractivity contribution in [1.82, 2.24) is 0 Å². The molecule has 32 heavy (non-hydrogen) atoms. The number of halogens is 5. The molecule has 3 nitrogen and oxygen atoms in total. The molecule has 4 aromatic rings. The van der Waals surface area contributed by atoms with Crippen LogP contribution in [0, 0.1) is 0 Å². The quantitative estimate of drug-likeness (QED) is 0.308. The standard InChI is InChI=1S/C23H18ClNO2.BF4/c1-2-26-19-13-11-18(12-14-19)25-21-15-23(16-7-9-17(24)10-8-16)27-22-6-4-3-5-20(21)22;2-1(3,4)5/h3-15H,2H2,1H3;/q;-1/p+1. The number of hydrogen-bond donors (Lipinski definition) is 1. The fourth-order valence-electron chi connectivity index (χ4n) is 2.95. The van der Waals surface area contributed by atoms with E-state index in [-0.39, 0.29) is 0 Å². The second-order valence-corrected chi connectivity index (χ2v) is 7.04. The topological polar surface area (TPSA) is 36.3 Å². The molecule has 0 aliphatic carbocycles. The maximum absolute atomic E-state index is 9.75. The van der Waals surface area contributed by atoms with Gasteiger partial charge in [0.05, 0.1) is 18.1 Å². The predicted octanol–water partition coefficient (Wildman–Crippen LogP) is 5.76. The highest BCUT2D eigenvalue weighted by molar-refractivity contribution is 6.50. The van der Waals surface area contributed by atoms with Crippen LogP contribution in [-0.2, 0) is 0 Å². The van der Waals surface area contributed by atoms with Crippen LogP contribution in [0.2, 0.25) is 5.02 Å². The second-order valence-electron chi connectivity index (χ2n) is 6.60. The van der Waals surface area contributed by atoms with Crippen molar-refractivity contribution in [3.8, 4) is 17.1 Å². The van der Waals surface area contributed by atoms with Crippen LogP contribution in [0.3, 0.4) is 0 Å². The maximum atomic E-state index is 9.75. The molecule has 9 heteroatoms. The molecule has 4 rings (SSSR count). The molecular weight excluding hydrogens is 445 g/mol. The van der Waals surface area contributed by atoms with Crippen LogP contribution in [-0.4, -0.2) is 13.9 Å². The SMILES string of the molecule is CCOc1ccc([NH+]=c2cc(-c3ccc(Cl)cc3)oc3ccccc23)cc1.F[B-](F)(F)F. The van der Waals surface area contributed by atoms with E-state index in [1.807, 2.05) is 85.8 Å². The zero-order chi connectivity index (χ0) is 23.1. The number of hydrogen-bond acceptors (Lipinski definition) is 2. The van der Waals surface area contributed by atoms with Crippen molar-refractivity contribution >= 4 is 35.5 Å². The Labute approximate surface area is 187 Å². The summed E-state index contributed by atoms with van der Waals surface area (Å²) in [4.78, 5) is 3.50. The molecule has 0 bridgehead atoms. The molecule has 3 aromatic carbocycles. The molecule has 0 aliphatic rings. The van der Waals surface area contributed by atoms with E-state index in [0.29, 0.717) is 11.6 Å². The van der Waals surface area contributed by atoms with Crippen molar-refractivity contribution in [2.75, 3.05) is 6.61 Å². The molecule has 0 saturated carbocycles. The van der Waals surface area contributed by atoms with Crippen LogP contribution in [0.25, 0.3) is 22.3 Å². The van der Waals surface area contributed by atoms with Crippen LogP contribution >= 0.6 is 11.6 Å². The van der Waals surface area contributed by atoms with Crippen LogP contribution < -0.4 is 15.1 Å². The van der Waals surface area contributed by atoms with Crippen molar-refractivity contribution in [2.45, 2.75) is 6.92 Å². The molecule has 0 aliphatic heterocycles. The van der Waals surface area contributed by atoms with E-state index in [4.69, 9.17) is 20.8 Å². The van der Waals surface area contributed by atoms with Gasteiger partial charge in [-0.3, -0.25) is 0 Å². The first kappa shape index (κ1) is 23.4. The minimum absolute atomic E-state index is 0.655. The van der Waals surface area contributed by atoms with Gasteiger partial charge in [-0.1, -0.05) is 23.7 Å². The number of benzene rings is 3. The van der Waals surface area contributed by atoms with Gasteiger partial charge in [0.2, 0.25) is 11.0 Å². The Morgan fingerprint density at radius 1 is 0.906 bits per heavy atom. The number of para-hydroxylation sites is 1. The minimum Gasteiger partial charge on any atom is -0.494 e. The Bertz CT molecular complexity index is 1230. The summed E-state index contributed by atoms with van der Waals surface area (Å²) in [5, 5.41) is 2.70. The van der Waals surface area contributed by atoms with Crippen molar-refractivity contribution in [1.29, 1.82) is 0 Å². The highest BCUT2D eigenvalue weighted by Crippen LogP contribution is 2.23. The molecule has 1 aromatic heterocycles. The summed E-state index contributed by atoms with van der Waals surface area (Å²) in [6, 6.07) is 25.6. The van der Waals surface area contributed by atoms with E-state index < -0.39 is 7.25 Å². The van der Waals surface area contributed by atoms with E-state index in [1.54, 1.807) is 0 Å². The van der Waals surface area contributed by atoms with Gasteiger partial charge in [-0.05, 0) is 55.5 Å². The molecular formula is C23H19BClF4NO2. The van der Waals surface area contributed by atoms with Crippen molar-refractivity contribution in [3.05, 3.63) is 89.2 Å². The third-order valence-corrected chi connectivity index (χ3v) is 4.50. The molecule has 0 fully saturated rings. The summed E-state index contributed by atoms with van der Waals surface area (Å²) in [7, 11) is -6.00. The van der Waals surface area contributed by atoms with Crippen LogP contribution in [0.5, 0.6) is 5.75 Å². The van der Waals surface area contributed by atoms with E-state index in [2.05, 4.69) is 4.99 Å².